The maximum absolute atomic E-state index is 13.1. The zero-order valence-corrected chi connectivity index (χ0v) is 18.9. The van der Waals surface area contributed by atoms with E-state index >= 15 is 0 Å². The number of hydrogen-bond donors (Lipinski definition) is 1. The van der Waals surface area contributed by atoms with Crippen LogP contribution in [-0.2, 0) is 14.4 Å². The topological polar surface area (TPSA) is 74.7 Å². The van der Waals surface area contributed by atoms with E-state index in [1.807, 2.05) is 71.0 Å². The number of Topliss-reactive ketones (excluding diaryl/α,β-unsaturated/α-hetero) is 3. The molecule has 1 atom stereocenters. The lowest BCUT2D eigenvalue weighted by Crippen LogP contribution is -2.43. The van der Waals surface area contributed by atoms with Gasteiger partial charge in [0.1, 0.15) is 17.3 Å². The van der Waals surface area contributed by atoms with E-state index in [0.717, 1.165) is 11.3 Å². The van der Waals surface area contributed by atoms with E-state index in [-0.39, 0.29) is 39.5 Å². The highest BCUT2D eigenvalue weighted by atomic mass is 16.3. The molecule has 0 bridgehead atoms. The highest BCUT2D eigenvalue weighted by Crippen LogP contribution is 2.47. The van der Waals surface area contributed by atoms with Gasteiger partial charge in [-0.15, -0.1) is 0 Å². The predicted octanol–water partition coefficient (Wildman–Crippen LogP) is 4.61. The predicted molar refractivity (Wildman–Crippen MR) is 118 cm³/mol. The van der Waals surface area contributed by atoms with Crippen LogP contribution in [0.5, 0.6) is 0 Å². The molecule has 1 saturated carbocycles. The molecule has 0 unspecified atom stereocenters. The molecule has 0 saturated heterocycles. The van der Waals surface area contributed by atoms with Gasteiger partial charge in [0.25, 0.3) is 0 Å². The minimum atomic E-state index is -0.925. The molecule has 0 aromatic heterocycles. The molecule has 1 N–H and O–H groups in total. The molecule has 0 spiro atoms. The normalized spacial score (nSPS) is 22.9. The molecule has 2 aliphatic rings. The van der Waals surface area contributed by atoms with Crippen LogP contribution in [0.15, 0.2) is 35.6 Å². The van der Waals surface area contributed by atoms with Gasteiger partial charge < -0.3 is 10.0 Å². The van der Waals surface area contributed by atoms with E-state index in [0.29, 0.717) is 25.7 Å². The fraction of sp³-hybridized carbons (Fsp3) is 0.560. The van der Waals surface area contributed by atoms with Gasteiger partial charge in [-0.1, -0.05) is 39.8 Å². The van der Waals surface area contributed by atoms with Crippen molar-refractivity contribution in [1.29, 1.82) is 0 Å². The Kier molecular flexibility index (Phi) is 5.70. The van der Waals surface area contributed by atoms with Crippen LogP contribution in [0.4, 0.5) is 5.69 Å². The molecular weight excluding hydrogens is 378 g/mol. The van der Waals surface area contributed by atoms with Crippen LogP contribution >= 0.6 is 0 Å². The van der Waals surface area contributed by atoms with E-state index in [9.17, 15) is 19.5 Å². The molecule has 5 nitrogen and oxygen atoms in total. The van der Waals surface area contributed by atoms with E-state index in [1.54, 1.807) is 0 Å². The number of ketones is 3. The number of benzene rings is 1. The molecule has 3 rings (SSSR count). The molecule has 30 heavy (non-hydrogen) atoms. The Morgan fingerprint density at radius 2 is 1.37 bits per heavy atom. The number of rotatable bonds is 4. The largest absolute Gasteiger partial charge is 0.512 e. The number of anilines is 1. The summed E-state index contributed by atoms with van der Waals surface area (Å²) in [6.45, 7) is 7.73. The van der Waals surface area contributed by atoms with Crippen molar-refractivity contribution >= 4 is 23.0 Å². The second kappa shape index (κ2) is 7.68. The van der Waals surface area contributed by atoms with Gasteiger partial charge in [-0.2, -0.15) is 0 Å². The number of aliphatic hydroxyl groups is 1. The Bertz CT molecular complexity index is 886. The lowest BCUT2D eigenvalue weighted by Gasteiger charge is -2.39. The van der Waals surface area contributed by atoms with Crippen molar-refractivity contribution < 1.29 is 19.5 Å². The molecule has 1 aromatic rings. The summed E-state index contributed by atoms with van der Waals surface area (Å²) in [5, 5.41) is 10.9. The Morgan fingerprint density at radius 1 is 0.867 bits per heavy atom. The third-order valence-corrected chi connectivity index (χ3v) is 6.31. The van der Waals surface area contributed by atoms with Gasteiger partial charge in [0.15, 0.2) is 5.78 Å². The van der Waals surface area contributed by atoms with Crippen molar-refractivity contribution in [2.75, 3.05) is 19.0 Å². The summed E-state index contributed by atoms with van der Waals surface area (Å²) in [7, 11) is 3.87. The van der Waals surface area contributed by atoms with Crippen molar-refractivity contribution in [2.24, 2.45) is 16.7 Å². The first-order valence-corrected chi connectivity index (χ1v) is 10.6. The van der Waals surface area contributed by atoms with Crippen molar-refractivity contribution in [2.45, 2.75) is 59.3 Å². The smallest absolute Gasteiger partial charge is 0.163 e. The van der Waals surface area contributed by atoms with Gasteiger partial charge >= 0.3 is 0 Å². The van der Waals surface area contributed by atoms with Gasteiger partial charge in [-0.05, 0) is 28.5 Å². The minimum Gasteiger partial charge on any atom is -0.512 e. The minimum absolute atomic E-state index is 0.0170. The van der Waals surface area contributed by atoms with Crippen molar-refractivity contribution in [1.82, 2.24) is 0 Å². The van der Waals surface area contributed by atoms with Gasteiger partial charge in [0.2, 0.25) is 0 Å². The number of hydrogen-bond acceptors (Lipinski definition) is 5. The van der Waals surface area contributed by atoms with Crippen molar-refractivity contribution in [3.63, 3.8) is 0 Å². The molecule has 2 aliphatic carbocycles. The van der Waals surface area contributed by atoms with Crippen molar-refractivity contribution in [3.05, 3.63) is 41.2 Å². The fourth-order valence-electron chi connectivity index (χ4n) is 4.94. The SMILES string of the molecule is CN(C)c1ccc([C@H](C2=C(O)CC(C)(C)CC2=O)C2C(=O)CC(C)(C)CC2=O)cc1. The zero-order chi connectivity index (χ0) is 22.4. The summed E-state index contributed by atoms with van der Waals surface area (Å²) in [5.41, 5.74) is 1.24. The first-order valence-electron chi connectivity index (χ1n) is 10.6. The molecule has 0 radical (unpaired) electrons. The molecule has 5 heteroatoms. The van der Waals surface area contributed by atoms with E-state index in [4.69, 9.17) is 0 Å². The molecule has 162 valence electrons. The number of allylic oxidation sites excluding steroid dienone is 2. The van der Waals surface area contributed by atoms with E-state index in [2.05, 4.69) is 0 Å². The third kappa shape index (κ3) is 4.35. The summed E-state index contributed by atoms with van der Waals surface area (Å²) in [4.78, 5) is 41.4. The van der Waals surface area contributed by atoms with Crippen LogP contribution in [0.1, 0.15) is 64.9 Å². The third-order valence-electron chi connectivity index (χ3n) is 6.31. The number of nitrogens with zero attached hydrogens (tertiary/aromatic N) is 1. The summed E-state index contributed by atoms with van der Waals surface area (Å²) in [5.74, 6) is -2.10. The quantitative estimate of drug-likeness (QED) is 0.732. The van der Waals surface area contributed by atoms with Gasteiger partial charge in [-0.25, -0.2) is 0 Å². The Hall–Kier alpha value is -2.43. The second-order valence-corrected chi connectivity index (χ2v) is 10.7. The monoisotopic (exact) mass is 411 g/mol. The first-order chi connectivity index (χ1) is 13.8. The van der Waals surface area contributed by atoms with E-state index in [1.165, 1.54) is 0 Å². The lowest BCUT2D eigenvalue weighted by molar-refractivity contribution is -0.140. The van der Waals surface area contributed by atoms with Crippen molar-refractivity contribution in [3.8, 4) is 0 Å². The average molecular weight is 412 g/mol. The van der Waals surface area contributed by atoms with Gasteiger partial charge in [-0.3, -0.25) is 14.4 Å². The summed E-state index contributed by atoms with van der Waals surface area (Å²) in [6.07, 6.45) is 1.24. The van der Waals surface area contributed by atoms with Gasteiger partial charge in [0, 0.05) is 57.0 Å². The standard InChI is InChI=1S/C25H33NO4/c1-24(2)11-17(27)22(18(28)12-24)21(15-7-9-16(10-8-15)26(5)6)23-19(29)13-25(3,4)14-20(23)30/h7-10,21-22,29H,11-14H2,1-6H3/t21-/m0/s1. The van der Waals surface area contributed by atoms with Gasteiger partial charge in [0.05, 0.1) is 5.92 Å². The van der Waals surface area contributed by atoms with Crippen LogP contribution in [0, 0.1) is 16.7 Å². The van der Waals surface area contributed by atoms with E-state index < -0.39 is 11.8 Å². The Morgan fingerprint density at radius 3 is 1.83 bits per heavy atom. The molecule has 0 heterocycles. The average Bonchev–Trinajstić information content (AvgIpc) is 2.57. The first kappa shape index (κ1) is 22.3. The maximum atomic E-state index is 13.1. The van der Waals surface area contributed by atoms with Crippen LogP contribution < -0.4 is 4.90 Å². The number of carbonyl (C=O) groups excluding carboxylic acids is 3. The van der Waals surface area contributed by atoms with Crippen LogP contribution in [0.25, 0.3) is 0 Å². The molecular formula is C25H33NO4. The molecule has 1 fully saturated rings. The Balaban J connectivity index is 2.14. The summed E-state index contributed by atoms with van der Waals surface area (Å²) in [6, 6.07) is 7.57. The highest BCUT2D eigenvalue weighted by Gasteiger charge is 2.48. The van der Waals surface area contributed by atoms with Crippen LogP contribution in [-0.4, -0.2) is 36.6 Å². The summed E-state index contributed by atoms with van der Waals surface area (Å²) >= 11 is 0. The lowest BCUT2D eigenvalue weighted by atomic mass is 9.62. The fourth-order valence-corrected chi connectivity index (χ4v) is 4.94. The number of aliphatic hydroxyl groups excluding tert-OH is 1. The second-order valence-electron chi connectivity index (χ2n) is 10.7. The molecule has 0 aliphatic heterocycles. The van der Waals surface area contributed by atoms with Crippen LogP contribution in [0.2, 0.25) is 0 Å². The summed E-state index contributed by atoms with van der Waals surface area (Å²) < 4.78 is 0. The number of carbonyl (C=O) groups is 3. The zero-order valence-electron chi connectivity index (χ0n) is 18.9. The van der Waals surface area contributed by atoms with Crippen LogP contribution in [0.3, 0.4) is 0 Å². The molecule has 1 aromatic carbocycles. The molecule has 0 amide bonds. The Labute approximate surface area is 179 Å². The maximum Gasteiger partial charge on any atom is 0.163 e. The highest BCUT2D eigenvalue weighted by molar-refractivity contribution is 6.09.